The second kappa shape index (κ2) is 6.01. The minimum absolute atomic E-state index is 0.0835. The molecule has 18 heavy (non-hydrogen) atoms. The molecule has 0 saturated heterocycles. The molecule has 1 atom stereocenters. The average molecular weight is 247 g/mol. The summed E-state index contributed by atoms with van der Waals surface area (Å²) >= 11 is 0. The topological polar surface area (TPSA) is 49.3 Å². The number of carbonyl (C=O) groups is 1. The Labute approximate surface area is 108 Å². The Balaban J connectivity index is 1.93. The number of aliphatic hydroxyl groups is 1. The van der Waals surface area contributed by atoms with E-state index in [9.17, 15) is 9.90 Å². The molecule has 1 aromatic rings. The first-order chi connectivity index (χ1) is 8.70. The average Bonchev–Trinajstić information content (AvgIpc) is 2.83. The molecule has 0 spiro atoms. The minimum atomic E-state index is -0.437. The van der Waals surface area contributed by atoms with Crippen molar-refractivity contribution in [3.63, 3.8) is 0 Å². The molecule has 0 radical (unpaired) electrons. The maximum atomic E-state index is 11.9. The molecule has 2 rings (SSSR count). The predicted octanol–water partition coefficient (Wildman–Crippen LogP) is 2.07. The second-order valence-electron chi connectivity index (χ2n) is 4.99. The van der Waals surface area contributed by atoms with Crippen LogP contribution in [0.1, 0.15) is 47.7 Å². The van der Waals surface area contributed by atoms with Crippen LogP contribution in [0.4, 0.5) is 0 Å². The lowest BCUT2D eigenvalue weighted by Gasteiger charge is -2.11. The third-order valence-corrected chi connectivity index (χ3v) is 3.48. The van der Waals surface area contributed by atoms with E-state index in [1.54, 1.807) is 0 Å². The summed E-state index contributed by atoms with van der Waals surface area (Å²) in [6.45, 7) is 2.36. The van der Waals surface area contributed by atoms with Crippen molar-refractivity contribution >= 4 is 5.91 Å². The molecule has 0 bridgehead atoms. The Kier molecular flexibility index (Phi) is 4.37. The van der Waals surface area contributed by atoms with E-state index in [1.807, 2.05) is 19.1 Å². The summed E-state index contributed by atoms with van der Waals surface area (Å²) in [5.74, 6) is -0.0835. The summed E-state index contributed by atoms with van der Waals surface area (Å²) in [4.78, 5) is 11.9. The molecule has 3 heteroatoms. The van der Waals surface area contributed by atoms with Gasteiger partial charge in [0.25, 0.3) is 5.91 Å². The van der Waals surface area contributed by atoms with Gasteiger partial charge >= 0.3 is 0 Å². The molecule has 1 aliphatic rings. The van der Waals surface area contributed by atoms with E-state index in [1.165, 1.54) is 17.5 Å². The number of benzene rings is 1. The molecule has 2 N–H and O–H groups in total. The normalized spacial score (nSPS) is 15.2. The van der Waals surface area contributed by atoms with Crippen LogP contribution in [0.15, 0.2) is 18.2 Å². The quantitative estimate of drug-likeness (QED) is 0.836. The molecule has 98 valence electrons. The van der Waals surface area contributed by atoms with Crippen LogP contribution in [0.3, 0.4) is 0 Å². The van der Waals surface area contributed by atoms with Gasteiger partial charge in [0, 0.05) is 12.1 Å². The summed E-state index contributed by atoms with van der Waals surface area (Å²) in [5, 5.41) is 12.4. The number of rotatable bonds is 5. The highest BCUT2D eigenvalue weighted by molar-refractivity contribution is 5.94. The zero-order valence-electron chi connectivity index (χ0n) is 10.9. The van der Waals surface area contributed by atoms with Crippen LogP contribution in [0, 0.1) is 0 Å². The molecule has 1 unspecified atom stereocenters. The summed E-state index contributed by atoms with van der Waals surface area (Å²) in [6, 6.07) is 5.93. The maximum Gasteiger partial charge on any atom is 0.251 e. The lowest BCUT2D eigenvalue weighted by atomic mass is 10.1. The first kappa shape index (κ1) is 13.1. The lowest BCUT2D eigenvalue weighted by molar-refractivity contribution is 0.0910. The molecule has 0 aliphatic heterocycles. The second-order valence-corrected chi connectivity index (χ2v) is 4.99. The Morgan fingerprint density at radius 3 is 2.94 bits per heavy atom. The fourth-order valence-corrected chi connectivity index (χ4v) is 2.46. The standard InChI is InChI=1S/C15H21NO2/c1-2-4-14(17)10-16-15(18)13-8-7-11-5-3-6-12(11)9-13/h7-9,14,17H,2-6,10H2,1H3,(H,16,18). The Morgan fingerprint density at radius 2 is 2.17 bits per heavy atom. The van der Waals surface area contributed by atoms with Crippen LogP contribution >= 0.6 is 0 Å². The van der Waals surface area contributed by atoms with Gasteiger partial charge in [-0.2, -0.15) is 0 Å². The van der Waals surface area contributed by atoms with Gasteiger partial charge in [0.1, 0.15) is 0 Å². The molecule has 3 nitrogen and oxygen atoms in total. The van der Waals surface area contributed by atoms with E-state index in [0.717, 1.165) is 25.7 Å². The van der Waals surface area contributed by atoms with Crippen LogP contribution in [0.25, 0.3) is 0 Å². The fraction of sp³-hybridized carbons (Fsp3) is 0.533. The van der Waals surface area contributed by atoms with Crippen molar-refractivity contribution in [2.24, 2.45) is 0 Å². The van der Waals surface area contributed by atoms with Crippen LogP contribution in [-0.4, -0.2) is 23.7 Å². The first-order valence-corrected chi connectivity index (χ1v) is 6.78. The molecular weight excluding hydrogens is 226 g/mol. The Hall–Kier alpha value is -1.35. The van der Waals surface area contributed by atoms with Gasteiger partial charge in [-0.1, -0.05) is 19.4 Å². The molecule has 1 amide bonds. The maximum absolute atomic E-state index is 11.9. The minimum Gasteiger partial charge on any atom is -0.391 e. The molecular formula is C15H21NO2. The Morgan fingerprint density at radius 1 is 1.39 bits per heavy atom. The largest absolute Gasteiger partial charge is 0.391 e. The summed E-state index contributed by atoms with van der Waals surface area (Å²) in [5.41, 5.74) is 3.38. The van der Waals surface area contributed by atoms with Crippen molar-refractivity contribution < 1.29 is 9.90 Å². The highest BCUT2D eigenvalue weighted by Crippen LogP contribution is 2.22. The number of aryl methyl sites for hydroxylation is 2. The zero-order chi connectivity index (χ0) is 13.0. The third kappa shape index (κ3) is 3.10. The van der Waals surface area contributed by atoms with Crippen molar-refractivity contribution in [2.45, 2.75) is 45.1 Å². The van der Waals surface area contributed by atoms with Gasteiger partial charge < -0.3 is 10.4 Å². The van der Waals surface area contributed by atoms with Crippen molar-refractivity contribution in [1.82, 2.24) is 5.32 Å². The van der Waals surface area contributed by atoms with Gasteiger partial charge in [-0.15, -0.1) is 0 Å². The fourth-order valence-electron chi connectivity index (χ4n) is 2.46. The molecule has 1 aliphatic carbocycles. The van der Waals surface area contributed by atoms with E-state index >= 15 is 0 Å². The highest BCUT2D eigenvalue weighted by Gasteiger charge is 2.14. The van der Waals surface area contributed by atoms with E-state index in [2.05, 4.69) is 11.4 Å². The highest BCUT2D eigenvalue weighted by atomic mass is 16.3. The van der Waals surface area contributed by atoms with Crippen LogP contribution in [0.5, 0.6) is 0 Å². The van der Waals surface area contributed by atoms with Gasteiger partial charge in [0.2, 0.25) is 0 Å². The number of nitrogens with one attached hydrogen (secondary N) is 1. The van der Waals surface area contributed by atoms with Crippen molar-refractivity contribution in [3.8, 4) is 0 Å². The summed E-state index contributed by atoms with van der Waals surface area (Å²) in [7, 11) is 0. The summed E-state index contributed by atoms with van der Waals surface area (Å²) < 4.78 is 0. The van der Waals surface area contributed by atoms with E-state index in [-0.39, 0.29) is 5.91 Å². The van der Waals surface area contributed by atoms with Crippen molar-refractivity contribution in [3.05, 3.63) is 34.9 Å². The van der Waals surface area contributed by atoms with Gasteiger partial charge in [-0.05, 0) is 48.9 Å². The van der Waals surface area contributed by atoms with Crippen LogP contribution in [0.2, 0.25) is 0 Å². The van der Waals surface area contributed by atoms with Crippen LogP contribution in [-0.2, 0) is 12.8 Å². The molecule has 0 fully saturated rings. The summed E-state index contributed by atoms with van der Waals surface area (Å²) in [6.07, 6.45) is 4.62. The van der Waals surface area contributed by atoms with E-state index in [0.29, 0.717) is 12.1 Å². The number of carbonyl (C=O) groups excluding carboxylic acids is 1. The smallest absolute Gasteiger partial charge is 0.251 e. The predicted molar refractivity (Wildman–Crippen MR) is 71.7 cm³/mol. The van der Waals surface area contributed by atoms with E-state index < -0.39 is 6.10 Å². The number of aliphatic hydroxyl groups excluding tert-OH is 1. The molecule has 0 saturated carbocycles. The molecule has 0 heterocycles. The number of amides is 1. The number of hydrogen-bond acceptors (Lipinski definition) is 2. The van der Waals surface area contributed by atoms with Gasteiger partial charge in [-0.25, -0.2) is 0 Å². The Bertz CT molecular complexity index is 429. The van der Waals surface area contributed by atoms with Gasteiger partial charge in [-0.3, -0.25) is 4.79 Å². The monoisotopic (exact) mass is 247 g/mol. The van der Waals surface area contributed by atoms with Crippen LogP contribution < -0.4 is 5.32 Å². The number of hydrogen-bond donors (Lipinski definition) is 2. The van der Waals surface area contributed by atoms with E-state index in [4.69, 9.17) is 0 Å². The number of fused-ring (bicyclic) bond motifs is 1. The molecule has 1 aromatic carbocycles. The van der Waals surface area contributed by atoms with Gasteiger partial charge in [0.15, 0.2) is 0 Å². The van der Waals surface area contributed by atoms with Crippen molar-refractivity contribution in [2.75, 3.05) is 6.54 Å². The zero-order valence-corrected chi connectivity index (χ0v) is 10.9. The van der Waals surface area contributed by atoms with Crippen molar-refractivity contribution in [1.29, 1.82) is 0 Å². The lowest BCUT2D eigenvalue weighted by Crippen LogP contribution is -2.32. The van der Waals surface area contributed by atoms with Gasteiger partial charge in [0.05, 0.1) is 6.10 Å². The molecule has 0 aromatic heterocycles. The third-order valence-electron chi connectivity index (χ3n) is 3.48. The first-order valence-electron chi connectivity index (χ1n) is 6.78. The SMILES string of the molecule is CCCC(O)CNC(=O)c1ccc2c(c1)CCC2.